The number of anilines is 1. The van der Waals surface area contributed by atoms with Gasteiger partial charge in [0.1, 0.15) is 5.56 Å². The third-order valence-corrected chi connectivity index (χ3v) is 4.79. The Kier molecular flexibility index (Phi) is 5.80. The molecule has 3 rings (SSSR count). The van der Waals surface area contributed by atoms with Crippen LogP contribution in [-0.2, 0) is 6.54 Å². The number of hydrogen-bond acceptors (Lipinski definition) is 3. The van der Waals surface area contributed by atoms with Gasteiger partial charge in [-0.2, -0.15) is 0 Å². The predicted octanol–water partition coefficient (Wildman–Crippen LogP) is 3.61. The Morgan fingerprint density at radius 3 is 2.50 bits per heavy atom. The maximum Gasteiger partial charge on any atom is 0.328 e. The highest BCUT2D eigenvalue weighted by Gasteiger charge is 2.17. The monoisotopic (exact) mass is 397 g/mol. The Labute approximate surface area is 166 Å². The first-order valence-corrected chi connectivity index (χ1v) is 9.22. The van der Waals surface area contributed by atoms with Crippen LogP contribution in [0.15, 0.2) is 64.3 Å². The van der Waals surface area contributed by atoms with Crippen molar-refractivity contribution in [3.8, 4) is 0 Å². The number of amides is 1. The fraction of sp³-hybridized carbons (Fsp3) is 0.190. The van der Waals surface area contributed by atoms with Crippen molar-refractivity contribution in [2.75, 3.05) is 5.32 Å². The standard InChI is InChI=1S/C21H20ClN3O3/c1-13(2)15-8-4-6-10-18(15)24-19(26)16-11-23-21(28)25(20(16)27)12-14-7-3-5-9-17(14)22/h3-11,13H,12H2,1-2H3,(H,23,28)(H,24,26). The van der Waals surface area contributed by atoms with Crippen LogP contribution in [0.2, 0.25) is 5.02 Å². The van der Waals surface area contributed by atoms with E-state index in [1.807, 2.05) is 32.0 Å². The molecule has 3 aromatic rings. The Balaban J connectivity index is 1.96. The molecule has 0 unspecified atom stereocenters. The van der Waals surface area contributed by atoms with Crippen LogP contribution in [-0.4, -0.2) is 15.5 Å². The maximum atomic E-state index is 12.8. The summed E-state index contributed by atoms with van der Waals surface area (Å²) < 4.78 is 0.963. The van der Waals surface area contributed by atoms with Gasteiger partial charge in [0.05, 0.1) is 6.54 Å². The molecule has 0 fully saturated rings. The zero-order chi connectivity index (χ0) is 20.3. The highest BCUT2D eigenvalue weighted by Crippen LogP contribution is 2.23. The number of nitrogens with one attached hydrogen (secondary N) is 2. The Bertz CT molecular complexity index is 1130. The second kappa shape index (κ2) is 8.27. The summed E-state index contributed by atoms with van der Waals surface area (Å²) in [4.78, 5) is 40.1. The molecule has 7 heteroatoms. The van der Waals surface area contributed by atoms with Gasteiger partial charge in [0.2, 0.25) is 0 Å². The zero-order valence-electron chi connectivity index (χ0n) is 15.5. The first-order valence-electron chi connectivity index (χ1n) is 8.84. The normalized spacial score (nSPS) is 10.9. The second-order valence-electron chi connectivity index (χ2n) is 6.69. The number of H-pyrrole nitrogens is 1. The molecule has 0 spiro atoms. The highest BCUT2D eigenvalue weighted by atomic mass is 35.5. The minimum atomic E-state index is -0.678. The van der Waals surface area contributed by atoms with E-state index in [0.717, 1.165) is 16.3 Å². The first kappa shape index (κ1) is 19.6. The van der Waals surface area contributed by atoms with Crippen molar-refractivity contribution < 1.29 is 4.79 Å². The number of aromatic amines is 1. The summed E-state index contributed by atoms with van der Waals surface area (Å²) in [6, 6.07) is 14.3. The van der Waals surface area contributed by atoms with Gasteiger partial charge < -0.3 is 10.3 Å². The molecule has 1 aromatic heterocycles. The van der Waals surface area contributed by atoms with Crippen LogP contribution in [0, 0.1) is 0 Å². The number of hydrogen-bond donors (Lipinski definition) is 2. The van der Waals surface area contributed by atoms with Crippen molar-refractivity contribution in [1.82, 2.24) is 9.55 Å². The number of aromatic nitrogens is 2. The molecule has 144 valence electrons. The van der Waals surface area contributed by atoms with Crippen LogP contribution in [0.1, 0.15) is 41.3 Å². The molecule has 1 amide bonds. The minimum absolute atomic E-state index is 0.0302. The minimum Gasteiger partial charge on any atom is -0.322 e. The van der Waals surface area contributed by atoms with Gasteiger partial charge in [-0.15, -0.1) is 0 Å². The predicted molar refractivity (Wildman–Crippen MR) is 110 cm³/mol. The molecule has 28 heavy (non-hydrogen) atoms. The summed E-state index contributed by atoms with van der Waals surface area (Å²) in [5.41, 5.74) is 0.763. The SMILES string of the molecule is CC(C)c1ccccc1NC(=O)c1c[nH]c(=O)n(Cc2ccccc2Cl)c1=O. The average Bonchev–Trinajstić information content (AvgIpc) is 2.66. The molecule has 0 saturated carbocycles. The summed E-state index contributed by atoms with van der Waals surface area (Å²) in [5.74, 6) is -0.383. The van der Waals surface area contributed by atoms with Crippen LogP contribution in [0.4, 0.5) is 5.69 Å². The lowest BCUT2D eigenvalue weighted by atomic mass is 10.0. The lowest BCUT2D eigenvalue weighted by molar-refractivity contribution is 0.102. The third-order valence-electron chi connectivity index (χ3n) is 4.42. The molecule has 0 aliphatic heterocycles. The van der Waals surface area contributed by atoms with E-state index in [4.69, 9.17) is 11.6 Å². The van der Waals surface area contributed by atoms with Crippen molar-refractivity contribution in [1.29, 1.82) is 0 Å². The molecule has 2 N–H and O–H groups in total. The van der Waals surface area contributed by atoms with Crippen molar-refractivity contribution >= 4 is 23.2 Å². The summed E-state index contributed by atoms with van der Waals surface area (Å²) in [6.45, 7) is 4.00. The lowest BCUT2D eigenvalue weighted by Crippen LogP contribution is -2.39. The number of nitrogens with zero attached hydrogens (tertiary/aromatic N) is 1. The molecule has 0 aliphatic rings. The fourth-order valence-corrected chi connectivity index (χ4v) is 3.11. The summed E-state index contributed by atoms with van der Waals surface area (Å²) >= 11 is 6.13. The van der Waals surface area contributed by atoms with Gasteiger partial charge in [-0.1, -0.05) is 61.8 Å². The number of rotatable bonds is 5. The summed E-state index contributed by atoms with van der Waals surface area (Å²) in [7, 11) is 0. The molecule has 0 radical (unpaired) electrons. The number of carbonyl (C=O) groups is 1. The number of para-hydroxylation sites is 1. The summed E-state index contributed by atoms with van der Waals surface area (Å²) in [6.07, 6.45) is 1.14. The molecular weight excluding hydrogens is 378 g/mol. The first-order chi connectivity index (χ1) is 13.4. The highest BCUT2D eigenvalue weighted by molar-refractivity contribution is 6.31. The molecule has 2 aromatic carbocycles. The van der Waals surface area contributed by atoms with E-state index in [-0.39, 0.29) is 18.0 Å². The summed E-state index contributed by atoms with van der Waals surface area (Å²) in [5, 5.41) is 3.21. The van der Waals surface area contributed by atoms with E-state index >= 15 is 0 Å². The van der Waals surface area contributed by atoms with Gasteiger partial charge in [0.15, 0.2) is 0 Å². The van der Waals surface area contributed by atoms with Crippen LogP contribution in [0.25, 0.3) is 0 Å². The average molecular weight is 398 g/mol. The molecule has 0 bridgehead atoms. The molecule has 0 aliphatic carbocycles. The van der Waals surface area contributed by atoms with E-state index < -0.39 is 17.2 Å². The molecule has 0 saturated heterocycles. The van der Waals surface area contributed by atoms with Crippen molar-refractivity contribution in [3.05, 3.63) is 97.3 Å². The third kappa shape index (κ3) is 4.07. The van der Waals surface area contributed by atoms with Crippen LogP contribution < -0.4 is 16.6 Å². The van der Waals surface area contributed by atoms with E-state index in [1.165, 1.54) is 0 Å². The van der Waals surface area contributed by atoms with Gasteiger partial charge in [-0.3, -0.25) is 14.2 Å². The Morgan fingerprint density at radius 1 is 1.11 bits per heavy atom. The van der Waals surface area contributed by atoms with E-state index in [9.17, 15) is 14.4 Å². The smallest absolute Gasteiger partial charge is 0.322 e. The van der Waals surface area contributed by atoms with E-state index in [2.05, 4.69) is 10.3 Å². The van der Waals surface area contributed by atoms with Crippen LogP contribution in [0.5, 0.6) is 0 Å². The molecule has 6 nitrogen and oxygen atoms in total. The van der Waals surface area contributed by atoms with Gasteiger partial charge in [0.25, 0.3) is 11.5 Å². The van der Waals surface area contributed by atoms with Crippen LogP contribution in [0.3, 0.4) is 0 Å². The van der Waals surface area contributed by atoms with Gasteiger partial charge in [-0.25, -0.2) is 4.79 Å². The fourth-order valence-electron chi connectivity index (χ4n) is 2.92. The van der Waals surface area contributed by atoms with Gasteiger partial charge in [-0.05, 0) is 29.2 Å². The van der Waals surface area contributed by atoms with Crippen molar-refractivity contribution in [3.63, 3.8) is 0 Å². The Morgan fingerprint density at radius 2 is 1.79 bits per heavy atom. The Hall–Kier alpha value is -3.12. The molecule has 0 atom stereocenters. The van der Waals surface area contributed by atoms with Crippen LogP contribution >= 0.6 is 11.6 Å². The van der Waals surface area contributed by atoms with Crippen molar-refractivity contribution in [2.45, 2.75) is 26.3 Å². The number of halogens is 1. The zero-order valence-corrected chi connectivity index (χ0v) is 16.3. The lowest BCUT2D eigenvalue weighted by Gasteiger charge is -2.14. The number of benzene rings is 2. The number of carbonyl (C=O) groups excluding carboxylic acids is 1. The van der Waals surface area contributed by atoms with Gasteiger partial charge >= 0.3 is 5.69 Å². The maximum absolute atomic E-state index is 12.8. The molecule has 1 heterocycles. The topological polar surface area (TPSA) is 84.0 Å². The van der Waals surface area contributed by atoms with Crippen molar-refractivity contribution in [2.24, 2.45) is 0 Å². The van der Waals surface area contributed by atoms with E-state index in [1.54, 1.807) is 30.3 Å². The quantitative estimate of drug-likeness (QED) is 0.689. The van der Waals surface area contributed by atoms with Gasteiger partial charge in [0, 0.05) is 16.9 Å². The molecular formula is C21H20ClN3O3. The largest absolute Gasteiger partial charge is 0.328 e. The van der Waals surface area contributed by atoms with E-state index in [0.29, 0.717) is 16.3 Å². The second-order valence-corrected chi connectivity index (χ2v) is 7.09.